The molecule has 0 atom stereocenters. The molecule has 1 aliphatic rings. The number of hydrogen-bond acceptors (Lipinski definition) is 5. The SMILES string of the molecule is NC(=O)C1CCN(C(=O)COC(=O)CNC(=O)Cc2cccc3ccccc23)CC1. The molecule has 0 radical (unpaired) electrons. The number of benzene rings is 2. The minimum Gasteiger partial charge on any atom is -0.454 e. The monoisotopic (exact) mass is 411 g/mol. The van der Waals surface area contributed by atoms with E-state index in [0.29, 0.717) is 25.9 Å². The predicted octanol–water partition coefficient (Wildman–Crippen LogP) is 0.766. The van der Waals surface area contributed by atoms with Gasteiger partial charge in [-0.25, -0.2) is 0 Å². The zero-order valence-corrected chi connectivity index (χ0v) is 16.6. The van der Waals surface area contributed by atoms with Crippen molar-refractivity contribution in [2.75, 3.05) is 26.2 Å². The van der Waals surface area contributed by atoms with Crippen molar-refractivity contribution >= 4 is 34.5 Å². The number of primary amides is 1. The number of fused-ring (bicyclic) bond motifs is 1. The van der Waals surface area contributed by atoms with E-state index < -0.39 is 5.97 Å². The zero-order chi connectivity index (χ0) is 21.5. The fraction of sp³-hybridized carbons (Fsp3) is 0.364. The number of nitrogens with one attached hydrogen (secondary N) is 1. The van der Waals surface area contributed by atoms with E-state index in [1.165, 1.54) is 0 Å². The smallest absolute Gasteiger partial charge is 0.325 e. The predicted molar refractivity (Wildman–Crippen MR) is 110 cm³/mol. The Kier molecular flexibility index (Phi) is 7.00. The number of piperidine rings is 1. The fourth-order valence-electron chi connectivity index (χ4n) is 3.55. The van der Waals surface area contributed by atoms with E-state index in [1.54, 1.807) is 4.90 Å². The Morgan fingerprint density at radius 1 is 1.03 bits per heavy atom. The van der Waals surface area contributed by atoms with Crippen LogP contribution in [0.3, 0.4) is 0 Å². The quantitative estimate of drug-likeness (QED) is 0.652. The summed E-state index contributed by atoms with van der Waals surface area (Å²) in [4.78, 5) is 48.9. The molecule has 158 valence electrons. The maximum absolute atomic E-state index is 12.2. The molecule has 3 amide bonds. The Morgan fingerprint density at radius 3 is 2.47 bits per heavy atom. The molecule has 2 aromatic rings. The molecule has 1 heterocycles. The van der Waals surface area contributed by atoms with Crippen LogP contribution in [0.2, 0.25) is 0 Å². The molecule has 1 fully saturated rings. The van der Waals surface area contributed by atoms with Gasteiger partial charge in [-0.1, -0.05) is 42.5 Å². The molecular formula is C22H25N3O5. The number of nitrogens with zero attached hydrogens (tertiary/aromatic N) is 1. The number of hydrogen-bond donors (Lipinski definition) is 2. The van der Waals surface area contributed by atoms with Crippen molar-refractivity contribution in [1.29, 1.82) is 0 Å². The van der Waals surface area contributed by atoms with Crippen molar-refractivity contribution in [3.05, 3.63) is 48.0 Å². The zero-order valence-electron chi connectivity index (χ0n) is 16.6. The summed E-state index contributed by atoms with van der Waals surface area (Å²) >= 11 is 0. The first kappa shape index (κ1) is 21.3. The van der Waals surface area contributed by atoms with E-state index >= 15 is 0 Å². The lowest BCUT2D eigenvalue weighted by molar-refractivity contribution is -0.152. The van der Waals surface area contributed by atoms with Gasteiger partial charge in [-0.15, -0.1) is 0 Å². The van der Waals surface area contributed by atoms with Crippen molar-refractivity contribution in [1.82, 2.24) is 10.2 Å². The van der Waals surface area contributed by atoms with E-state index in [4.69, 9.17) is 10.5 Å². The lowest BCUT2D eigenvalue weighted by atomic mass is 9.96. The largest absolute Gasteiger partial charge is 0.454 e. The normalized spacial score (nSPS) is 14.3. The van der Waals surface area contributed by atoms with Crippen LogP contribution in [0.4, 0.5) is 0 Å². The summed E-state index contributed by atoms with van der Waals surface area (Å²) in [5.74, 6) is -1.88. The Labute approximate surface area is 174 Å². The minimum absolute atomic E-state index is 0.141. The molecule has 3 rings (SSSR count). The molecule has 8 heteroatoms. The number of likely N-dealkylation sites (tertiary alicyclic amines) is 1. The van der Waals surface area contributed by atoms with Gasteiger partial charge in [0, 0.05) is 19.0 Å². The van der Waals surface area contributed by atoms with Crippen LogP contribution in [0.25, 0.3) is 10.8 Å². The molecule has 0 saturated carbocycles. The number of nitrogens with two attached hydrogens (primary N) is 1. The van der Waals surface area contributed by atoms with Crippen LogP contribution < -0.4 is 11.1 Å². The average molecular weight is 411 g/mol. The lowest BCUT2D eigenvalue weighted by Crippen LogP contribution is -2.43. The van der Waals surface area contributed by atoms with E-state index in [-0.39, 0.29) is 43.2 Å². The molecule has 8 nitrogen and oxygen atoms in total. The van der Waals surface area contributed by atoms with Gasteiger partial charge in [0.25, 0.3) is 5.91 Å². The third kappa shape index (κ3) is 5.56. The second-order valence-electron chi connectivity index (χ2n) is 7.31. The molecule has 3 N–H and O–H groups in total. The van der Waals surface area contributed by atoms with E-state index in [1.807, 2.05) is 42.5 Å². The van der Waals surface area contributed by atoms with Crippen molar-refractivity contribution in [2.45, 2.75) is 19.3 Å². The first-order chi connectivity index (χ1) is 14.4. The lowest BCUT2D eigenvalue weighted by Gasteiger charge is -2.30. The first-order valence-electron chi connectivity index (χ1n) is 9.90. The van der Waals surface area contributed by atoms with Gasteiger partial charge in [-0.3, -0.25) is 19.2 Å². The van der Waals surface area contributed by atoms with Crippen LogP contribution in [0.1, 0.15) is 18.4 Å². The fourth-order valence-corrected chi connectivity index (χ4v) is 3.55. The summed E-state index contributed by atoms with van der Waals surface area (Å²) in [5.41, 5.74) is 6.14. The van der Waals surface area contributed by atoms with E-state index in [0.717, 1.165) is 16.3 Å². The Hall–Kier alpha value is -3.42. The molecule has 2 aromatic carbocycles. The van der Waals surface area contributed by atoms with Crippen LogP contribution in [0, 0.1) is 5.92 Å². The third-order valence-electron chi connectivity index (χ3n) is 5.27. The number of carbonyl (C=O) groups excluding carboxylic acids is 4. The Bertz CT molecular complexity index is 945. The van der Waals surface area contributed by atoms with Gasteiger partial charge in [-0.2, -0.15) is 0 Å². The molecule has 1 saturated heterocycles. The van der Waals surface area contributed by atoms with Gasteiger partial charge in [-0.05, 0) is 29.2 Å². The molecule has 0 unspecified atom stereocenters. The first-order valence-corrected chi connectivity index (χ1v) is 9.90. The molecule has 0 spiro atoms. The standard InChI is InChI=1S/C22H25N3O5/c23-22(29)16-8-10-25(11-9-16)20(27)14-30-21(28)13-24-19(26)12-17-6-3-5-15-4-1-2-7-18(15)17/h1-7,16H,8-14H2,(H2,23,29)(H,24,26). The second-order valence-corrected chi connectivity index (χ2v) is 7.31. The van der Waals surface area contributed by atoms with Crippen LogP contribution >= 0.6 is 0 Å². The molecule has 0 bridgehead atoms. The van der Waals surface area contributed by atoms with Crippen molar-refractivity contribution < 1.29 is 23.9 Å². The number of rotatable bonds is 7. The summed E-state index contributed by atoms with van der Waals surface area (Å²) in [5, 5.41) is 4.56. The van der Waals surface area contributed by atoms with Crippen LogP contribution in [-0.4, -0.2) is 54.8 Å². The Morgan fingerprint density at radius 2 is 1.73 bits per heavy atom. The molecular weight excluding hydrogens is 386 g/mol. The second kappa shape index (κ2) is 9.87. The highest BCUT2D eigenvalue weighted by Gasteiger charge is 2.26. The van der Waals surface area contributed by atoms with Gasteiger partial charge in [0.1, 0.15) is 6.54 Å². The van der Waals surface area contributed by atoms with Crippen molar-refractivity contribution in [3.8, 4) is 0 Å². The molecule has 0 aliphatic carbocycles. The summed E-state index contributed by atoms with van der Waals surface area (Å²) in [6.45, 7) is 0.122. The topological polar surface area (TPSA) is 119 Å². The maximum atomic E-state index is 12.2. The number of esters is 1. The van der Waals surface area contributed by atoms with Crippen LogP contribution in [0.5, 0.6) is 0 Å². The average Bonchev–Trinajstić information content (AvgIpc) is 2.76. The van der Waals surface area contributed by atoms with Crippen molar-refractivity contribution in [3.63, 3.8) is 0 Å². The van der Waals surface area contributed by atoms with Gasteiger partial charge < -0.3 is 20.7 Å². The van der Waals surface area contributed by atoms with Crippen LogP contribution in [0.15, 0.2) is 42.5 Å². The number of amides is 3. The molecule has 0 aromatic heterocycles. The summed E-state index contributed by atoms with van der Waals surface area (Å²) in [6, 6.07) is 13.5. The van der Waals surface area contributed by atoms with Gasteiger partial charge >= 0.3 is 5.97 Å². The highest BCUT2D eigenvalue weighted by atomic mass is 16.5. The summed E-state index contributed by atoms with van der Waals surface area (Å²) in [6.07, 6.45) is 1.17. The van der Waals surface area contributed by atoms with Gasteiger partial charge in [0.05, 0.1) is 6.42 Å². The molecule has 30 heavy (non-hydrogen) atoms. The number of carbonyl (C=O) groups is 4. The summed E-state index contributed by atoms with van der Waals surface area (Å²) in [7, 11) is 0. The highest BCUT2D eigenvalue weighted by Crippen LogP contribution is 2.19. The Balaban J connectivity index is 1.40. The van der Waals surface area contributed by atoms with Gasteiger partial charge in [0.15, 0.2) is 6.61 Å². The number of ether oxygens (including phenoxy) is 1. The highest BCUT2D eigenvalue weighted by molar-refractivity contribution is 5.91. The van der Waals surface area contributed by atoms with E-state index in [9.17, 15) is 19.2 Å². The summed E-state index contributed by atoms with van der Waals surface area (Å²) < 4.78 is 4.97. The van der Waals surface area contributed by atoms with Crippen molar-refractivity contribution in [2.24, 2.45) is 11.7 Å². The van der Waals surface area contributed by atoms with Crippen LogP contribution in [-0.2, 0) is 30.3 Å². The van der Waals surface area contributed by atoms with E-state index in [2.05, 4.69) is 5.32 Å². The minimum atomic E-state index is -0.679. The molecule has 1 aliphatic heterocycles. The third-order valence-corrected chi connectivity index (χ3v) is 5.27. The maximum Gasteiger partial charge on any atom is 0.325 e. The van der Waals surface area contributed by atoms with Gasteiger partial charge in [0.2, 0.25) is 11.8 Å².